The second-order valence-electron chi connectivity index (χ2n) is 2.75. The first kappa shape index (κ1) is 18.2. The predicted molar refractivity (Wildman–Crippen MR) is 48.8 cm³/mol. The molecule has 0 aliphatic heterocycles. The first-order valence-electron chi connectivity index (χ1n) is 3.26. The van der Waals surface area contributed by atoms with Gasteiger partial charge in [0.05, 0.1) is 18.5 Å². The summed E-state index contributed by atoms with van der Waals surface area (Å²) in [6, 6.07) is 0. The van der Waals surface area contributed by atoms with Crippen LogP contribution >= 0.6 is 0 Å². The van der Waals surface area contributed by atoms with Crippen molar-refractivity contribution < 1.29 is 26.3 Å². The second kappa shape index (κ2) is 9.45. The normalized spacial score (nSPS) is 14.4. The molecule has 0 rings (SSSR count). The van der Waals surface area contributed by atoms with Crippen molar-refractivity contribution in [2.75, 3.05) is 5.75 Å². The van der Waals surface area contributed by atoms with E-state index in [0.29, 0.717) is 12.3 Å². The summed E-state index contributed by atoms with van der Waals surface area (Å²) in [6.45, 7) is 3.88. The van der Waals surface area contributed by atoms with E-state index in [-0.39, 0.29) is 25.6 Å². The summed E-state index contributed by atoms with van der Waals surface area (Å²) in [5.41, 5.74) is 0. The highest BCUT2D eigenvalue weighted by atomic mass is 35.5. The first-order valence-corrected chi connectivity index (χ1v) is 4.50. The minimum Gasteiger partial charge on any atom is -0.772 e. The topological polar surface area (TPSA) is 60.4 Å². The minimum absolute atomic E-state index is 0. The molecule has 0 spiro atoms. The number of aliphatic hydroxyl groups excluding tert-OH is 1. The Bertz CT molecular complexity index is 119. The van der Waals surface area contributed by atoms with Crippen LogP contribution in [0.25, 0.3) is 0 Å². The van der Waals surface area contributed by atoms with E-state index >= 15 is 0 Å². The van der Waals surface area contributed by atoms with Crippen molar-refractivity contribution in [1.29, 1.82) is 0 Å². The molecule has 0 saturated carbocycles. The van der Waals surface area contributed by atoms with Crippen molar-refractivity contribution in [3.8, 4) is 0 Å². The molecule has 0 aromatic carbocycles. The van der Waals surface area contributed by atoms with Crippen molar-refractivity contribution in [3.63, 3.8) is 0 Å². The van der Waals surface area contributed by atoms with Crippen LogP contribution < -0.4 is 0 Å². The molecule has 3 nitrogen and oxygen atoms in total. The zero-order valence-corrected chi connectivity index (χ0v) is 8.40. The van der Waals surface area contributed by atoms with Gasteiger partial charge in [-0.2, -0.15) is 0 Å². The third-order valence-corrected chi connectivity index (χ3v) is 1.73. The molecule has 0 amide bonds. The minimum atomic E-state index is -2.11. The lowest BCUT2D eigenvalue weighted by molar-refractivity contribution is -0.00000840. The maximum absolute atomic E-state index is 10.0. The fourth-order valence-electron chi connectivity index (χ4n) is 0.769. The van der Waals surface area contributed by atoms with Crippen LogP contribution in [-0.4, -0.2) is 25.7 Å². The summed E-state index contributed by atoms with van der Waals surface area (Å²) < 4.78 is 20.1. The van der Waals surface area contributed by atoms with Gasteiger partial charge < -0.3 is 9.66 Å². The van der Waals surface area contributed by atoms with Gasteiger partial charge in [0.2, 0.25) is 0 Å². The van der Waals surface area contributed by atoms with Crippen molar-refractivity contribution in [2.45, 2.75) is 33.8 Å². The molecule has 0 heterocycles. The van der Waals surface area contributed by atoms with E-state index in [9.17, 15) is 8.76 Å². The molecule has 12 heavy (non-hydrogen) atoms. The van der Waals surface area contributed by atoms with Gasteiger partial charge in [0, 0.05) is 5.75 Å². The molecule has 2 unspecified atom stereocenters. The Kier molecular flexibility index (Phi) is 14.3. The molecule has 5 heteroatoms. The van der Waals surface area contributed by atoms with Gasteiger partial charge >= 0.3 is 0 Å². The maximum Gasteiger partial charge on any atom is 0.0903 e. The van der Waals surface area contributed by atoms with Crippen LogP contribution in [-0.2, 0) is 11.1 Å². The van der Waals surface area contributed by atoms with Crippen molar-refractivity contribution in [3.05, 3.63) is 0 Å². The van der Waals surface area contributed by atoms with E-state index < -0.39 is 17.2 Å². The third-order valence-electron chi connectivity index (χ3n) is 1.07. The Labute approximate surface area is 83.3 Å². The number of hydrogen-bond acceptors (Lipinski definition) is 3. The molecule has 0 fully saturated rings. The van der Waals surface area contributed by atoms with Gasteiger partial charge in [0.1, 0.15) is 0 Å². The maximum atomic E-state index is 10.0. The quantitative estimate of drug-likeness (QED) is 0.694. The van der Waals surface area contributed by atoms with Crippen LogP contribution in [0, 0.1) is 18.3 Å². The van der Waals surface area contributed by atoms with Crippen LogP contribution in [0.5, 0.6) is 0 Å². The fraction of sp³-hybridized carbons (Fsp3) is 1.00. The van der Waals surface area contributed by atoms with Crippen LogP contribution in [0.1, 0.15) is 27.7 Å². The number of hydrogen-bond donors (Lipinski definition) is 1. The molecule has 0 aliphatic carbocycles. The smallest absolute Gasteiger partial charge is 0.0903 e. The first-order chi connectivity index (χ1) is 4.52. The molecular weight excluding hydrogens is 200 g/mol. The van der Waals surface area contributed by atoms with Crippen LogP contribution in [0.3, 0.4) is 0 Å². The summed E-state index contributed by atoms with van der Waals surface area (Å²) >= 11 is -2.11. The monoisotopic (exact) mass is 218 g/mol. The molecule has 78 valence electrons. The van der Waals surface area contributed by atoms with E-state index in [4.69, 9.17) is 5.11 Å². The Morgan fingerprint density at radius 2 is 1.92 bits per heavy atom. The van der Waals surface area contributed by atoms with Gasteiger partial charge in [-0.15, -0.1) is 0 Å². The summed E-state index contributed by atoms with van der Waals surface area (Å²) in [6.07, 6.45) is -0.146. The molecule has 0 radical (unpaired) electrons. The van der Waals surface area contributed by atoms with E-state index in [1.807, 2.05) is 13.8 Å². The number of rotatable bonds is 4. The van der Waals surface area contributed by atoms with Gasteiger partial charge in [-0.05, 0) is 12.3 Å². The lowest BCUT2D eigenvalue weighted by atomic mass is 10.1. The zero-order chi connectivity index (χ0) is 8.15. The van der Waals surface area contributed by atoms with Gasteiger partial charge in [-0.3, -0.25) is 4.21 Å². The third kappa shape index (κ3) is 13.0. The van der Waals surface area contributed by atoms with Gasteiger partial charge in [-0.1, -0.05) is 32.4 Å². The van der Waals surface area contributed by atoms with Crippen LogP contribution in [0.4, 0.5) is 0 Å². The lowest BCUT2D eigenvalue weighted by Gasteiger charge is -2.13. The van der Waals surface area contributed by atoms with Gasteiger partial charge in [0.25, 0.3) is 0 Å². The lowest BCUT2D eigenvalue weighted by Crippen LogP contribution is -2.18. The highest BCUT2D eigenvalue weighted by Crippen LogP contribution is 2.04. The standard InChI is InChI=1S/C6H14O3S.CH4.ClH2/c1-5(2)3-6(7)4-10(8)9;;/h5-7H,3-4H2,1-2H3,(H,8,9);1H4;1H2/q;;+1/p-1. The van der Waals surface area contributed by atoms with E-state index in [1.165, 1.54) is 0 Å². The molecule has 2 atom stereocenters. The predicted octanol–water partition coefficient (Wildman–Crippen LogP) is 0.373. The molecule has 0 saturated heterocycles. The Balaban J connectivity index is -0.000000405. The average molecular weight is 219 g/mol. The highest BCUT2D eigenvalue weighted by Gasteiger charge is 2.05. The SMILES string of the molecule is C.CC(C)CC(O)CS(=O)[O-].[ClH2+]. The number of aliphatic hydroxyl groups is 1. The Morgan fingerprint density at radius 3 is 2.17 bits per heavy atom. The van der Waals surface area contributed by atoms with Crippen molar-refractivity contribution in [1.82, 2.24) is 0 Å². The molecule has 0 aliphatic rings. The van der Waals surface area contributed by atoms with E-state index in [2.05, 4.69) is 0 Å². The Hall–Kier alpha value is 0.360. The highest BCUT2D eigenvalue weighted by molar-refractivity contribution is 7.79. The molecule has 0 bridgehead atoms. The molecule has 0 aromatic heterocycles. The average Bonchev–Trinajstić information content (AvgIpc) is 1.58. The van der Waals surface area contributed by atoms with E-state index in [1.54, 1.807) is 0 Å². The second-order valence-corrected chi connectivity index (χ2v) is 3.69. The molecular formula is C7H19ClO3S. The van der Waals surface area contributed by atoms with Crippen LogP contribution in [0.15, 0.2) is 0 Å². The van der Waals surface area contributed by atoms with Crippen molar-refractivity contribution >= 4 is 11.1 Å². The number of halogens is 1. The molecule has 0 aromatic rings. The fourth-order valence-corrected chi connectivity index (χ4v) is 1.22. The van der Waals surface area contributed by atoms with Crippen LogP contribution in [0.2, 0.25) is 0 Å². The van der Waals surface area contributed by atoms with Gasteiger partial charge in [-0.25, -0.2) is 0 Å². The Morgan fingerprint density at radius 1 is 1.50 bits per heavy atom. The zero-order valence-electron chi connectivity index (χ0n) is 6.69. The van der Waals surface area contributed by atoms with E-state index in [0.717, 1.165) is 0 Å². The van der Waals surface area contributed by atoms with Gasteiger partial charge in [0.15, 0.2) is 0 Å². The molecule has 1 N–H and O–H groups in total. The van der Waals surface area contributed by atoms with Crippen molar-refractivity contribution in [2.24, 2.45) is 5.92 Å². The summed E-state index contributed by atoms with van der Waals surface area (Å²) in [5, 5.41) is 9.00. The summed E-state index contributed by atoms with van der Waals surface area (Å²) in [5.74, 6) is 0.205. The largest absolute Gasteiger partial charge is 0.772 e. The summed E-state index contributed by atoms with van der Waals surface area (Å²) in [7, 11) is 0. The summed E-state index contributed by atoms with van der Waals surface area (Å²) in [4.78, 5) is 0.